The Morgan fingerprint density at radius 3 is 2.42 bits per heavy atom. The van der Waals surface area contributed by atoms with E-state index in [9.17, 15) is 14.4 Å². The van der Waals surface area contributed by atoms with Gasteiger partial charge in [0.2, 0.25) is 5.91 Å². The number of anilines is 2. The van der Waals surface area contributed by atoms with Crippen LogP contribution in [0.5, 0.6) is 0 Å². The first-order chi connectivity index (χ1) is 15.9. The highest BCUT2D eigenvalue weighted by Gasteiger charge is 2.36. The molecule has 33 heavy (non-hydrogen) atoms. The lowest BCUT2D eigenvalue weighted by Gasteiger charge is -2.10. The van der Waals surface area contributed by atoms with E-state index in [-0.39, 0.29) is 18.2 Å². The zero-order valence-corrected chi connectivity index (χ0v) is 18.8. The fraction of sp³-hybridized carbons (Fsp3) is 0.280. The maximum atomic E-state index is 12.7. The molecule has 8 heteroatoms. The molecule has 0 spiro atoms. The van der Waals surface area contributed by atoms with Crippen molar-refractivity contribution < 1.29 is 19.1 Å². The number of hydrogen-bond acceptors (Lipinski definition) is 5. The van der Waals surface area contributed by atoms with Crippen LogP contribution < -0.4 is 10.6 Å². The molecule has 8 nitrogen and oxygen atoms in total. The van der Waals surface area contributed by atoms with Crippen LogP contribution in [0.25, 0.3) is 11.1 Å². The second kappa shape index (κ2) is 9.28. The SMILES string of the molecule is CCOC(=O)c1ccc(NC(=O)CC2C(=O)Nc3c(-c4ccc(C)cc4)c(CC)nn32)cc1. The van der Waals surface area contributed by atoms with Gasteiger partial charge in [-0.2, -0.15) is 5.10 Å². The van der Waals surface area contributed by atoms with Gasteiger partial charge in [-0.25, -0.2) is 9.48 Å². The zero-order chi connectivity index (χ0) is 23.5. The van der Waals surface area contributed by atoms with E-state index in [1.807, 2.05) is 38.1 Å². The van der Waals surface area contributed by atoms with Crippen LogP contribution >= 0.6 is 0 Å². The van der Waals surface area contributed by atoms with Gasteiger partial charge < -0.3 is 15.4 Å². The number of aromatic nitrogens is 2. The molecule has 2 N–H and O–H groups in total. The molecule has 1 atom stereocenters. The molecule has 0 bridgehead atoms. The van der Waals surface area contributed by atoms with Crippen LogP contribution in [0.3, 0.4) is 0 Å². The normalized spacial score (nSPS) is 14.5. The molecule has 3 aromatic rings. The molecule has 4 rings (SSSR count). The molecule has 1 aliphatic rings. The number of nitrogens with one attached hydrogen (secondary N) is 2. The summed E-state index contributed by atoms with van der Waals surface area (Å²) in [7, 11) is 0. The average molecular weight is 447 g/mol. The summed E-state index contributed by atoms with van der Waals surface area (Å²) in [5.41, 5.74) is 4.82. The van der Waals surface area contributed by atoms with Gasteiger partial charge in [0.15, 0.2) is 0 Å². The number of fused-ring (bicyclic) bond motifs is 1. The van der Waals surface area contributed by atoms with Crippen LogP contribution in [0.1, 0.15) is 47.9 Å². The minimum atomic E-state index is -0.733. The van der Waals surface area contributed by atoms with Crippen molar-refractivity contribution in [1.82, 2.24) is 9.78 Å². The van der Waals surface area contributed by atoms with Crippen molar-refractivity contribution in [3.8, 4) is 11.1 Å². The number of rotatable bonds is 7. The van der Waals surface area contributed by atoms with Crippen LogP contribution in [-0.2, 0) is 20.7 Å². The van der Waals surface area contributed by atoms with Crippen molar-refractivity contribution in [2.45, 2.75) is 39.7 Å². The van der Waals surface area contributed by atoms with Gasteiger partial charge in [0.1, 0.15) is 11.9 Å². The molecule has 1 aliphatic heterocycles. The van der Waals surface area contributed by atoms with Gasteiger partial charge in [0.05, 0.1) is 24.3 Å². The van der Waals surface area contributed by atoms with Crippen molar-refractivity contribution in [2.24, 2.45) is 0 Å². The topological polar surface area (TPSA) is 102 Å². The Hall–Kier alpha value is -3.94. The molecule has 0 saturated heterocycles. The third kappa shape index (κ3) is 4.50. The highest BCUT2D eigenvalue weighted by Crippen LogP contribution is 2.38. The van der Waals surface area contributed by atoms with Crippen molar-refractivity contribution >= 4 is 29.3 Å². The first kappa shape index (κ1) is 22.3. The maximum Gasteiger partial charge on any atom is 0.338 e. The van der Waals surface area contributed by atoms with E-state index >= 15 is 0 Å². The fourth-order valence-corrected chi connectivity index (χ4v) is 3.88. The lowest BCUT2D eigenvalue weighted by Crippen LogP contribution is -2.24. The van der Waals surface area contributed by atoms with E-state index < -0.39 is 12.0 Å². The van der Waals surface area contributed by atoms with Crippen molar-refractivity contribution in [1.29, 1.82) is 0 Å². The third-order valence-electron chi connectivity index (χ3n) is 5.56. The largest absolute Gasteiger partial charge is 0.462 e. The molecule has 0 fully saturated rings. The third-order valence-corrected chi connectivity index (χ3v) is 5.56. The summed E-state index contributed by atoms with van der Waals surface area (Å²) in [5, 5.41) is 10.3. The van der Waals surface area contributed by atoms with E-state index in [1.165, 1.54) is 0 Å². The van der Waals surface area contributed by atoms with Crippen LogP contribution in [0.2, 0.25) is 0 Å². The maximum absolute atomic E-state index is 12.7. The zero-order valence-electron chi connectivity index (χ0n) is 18.8. The smallest absolute Gasteiger partial charge is 0.338 e. The number of carbonyl (C=O) groups excluding carboxylic acids is 3. The molecular formula is C25H26N4O4. The number of esters is 1. The minimum absolute atomic E-state index is 0.0589. The van der Waals surface area contributed by atoms with Crippen LogP contribution in [0, 0.1) is 6.92 Å². The quantitative estimate of drug-likeness (QED) is 0.532. The van der Waals surface area contributed by atoms with Gasteiger partial charge in [-0.15, -0.1) is 0 Å². The Balaban J connectivity index is 1.51. The highest BCUT2D eigenvalue weighted by atomic mass is 16.5. The second-order valence-corrected chi connectivity index (χ2v) is 7.89. The van der Waals surface area contributed by atoms with Crippen LogP contribution in [0.15, 0.2) is 48.5 Å². The number of nitrogens with zero attached hydrogens (tertiary/aromatic N) is 2. The highest BCUT2D eigenvalue weighted by molar-refractivity contribution is 6.04. The molecule has 2 amide bonds. The van der Waals surface area contributed by atoms with Gasteiger partial charge in [-0.3, -0.25) is 9.59 Å². The average Bonchev–Trinajstić information content (AvgIpc) is 3.30. The summed E-state index contributed by atoms with van der Waals surface area (Å²) in [6.07, 6.45) is 0.640. The van der Waals surface area contributed by atoms with E-state index in [1.54, 1.807) is 35.9 Å². The second-order valence-electron chi connectivity index (χ2n) is 7.89. The Morgan fingerprint density at radius 1 is 1.09 bits per heavy atom. The van der Waals surface area contributed by atoms with Crippen molar-refractivity contribution in [3.05, 3.63) is 65.4 Å². The lowest BCUT2D eigenvalue weighted by molar-refractivity contribution is -0.123. The molecule has 0 saturated carbocycles. The van der Waals surface area contributed by atoms with Crippen molar-refractivity contribution in [3.63, 3.8) is 0 Å². The first-order valence-electron chi connectivity index (χ1n) is 11.0. The van der Waals surface area contributed by atoms with Gasteiger partial charge in [0.25, 0.3) is 5.91 Å². The van der Waals surface area contributed by atoms with E-state index in [0.717, 1.165) is 22.4 Å². The summed E-state index contributed by atoms with van der Waals surface area (Å²) in [5.74, 6) is -0.378. The number of hydrogen-bond donors (Lipinski definition) is 2. The predicted octanol–water partition coefficient (Wildman–Crippen LogP) is 4.12. The lowest BCUT2D eigenvalue weighted by atomic mass is 10.0. The van der Waals surface area contributed by atoms with Gasteiger partial charge in [-0.1, -0.05) is 36.8 Å². The number of ether oxygens (including phenoxy) is 1. The first-order valence-corrected chi connectivity index (χ1v) is 11.0. The molecule has 1 unspecified atom stereocenters. The molecule has 2 aromatic carbocycles. The Bertz CT molecular complexity index is 1200. The Kier molecular flexibility index (Phi) is 6.26. The molecule has 2 heterocycles. The van der Waals surface area contributed by atoms with E-state index in [2.05, 4.69) is 15.7 Å². The Morgan fingerprint density at radius 2 is 1.79 bits per heavy atom. The monoisotopic (exact) mass is 446 g/mol. The predicted molar refractivity (Wildman–Crippen MR) is 125 cm³/mol. The van der Waals surface area contributed by atoms with Crippen molar-refractivity contribution in [2.75, 3.05) is 17.2 Å². The summed E-state index contributed by atoms with van der Waals surface area (Å²) >= 11 is 0. The molecule has 0 aliphatic carbocycles. The van der Waals surface area contributed by atoms with E-state index in [4.69, 9.17) is 4.74 Å². The van der Waals surface area contributed by atoms with Gasteiger partial charge in [0, 0.05) is 11.3 Å². The van der Waals surface area contributed by atoms with Crippen LogP contribution in [0.4, 0.5) is 11.5 Å². The van der Waals surface area contributed by atoms with Gasteiger partial charge in [-0.05, 0) is 50.1 Å². The number of amides is 2. The molecule has 1 aromatic heterocycles. The molecular weight excluding hydrogens is 420 g/mol. The summed E-state index contributed by atoms with van der Waals surface area (Å²) in [6.45, 7) is 6.07. The van der Waals surface area contributed by atoms with Gasteiger partial charge >= 0.3 is 5.97 Å². The summed E-state index contributed by atoms with van der Waals surface area (Å²) < 4.78 is 6.59. The molecule has 0 radical (unpaired) electrons. The number of benzene rings is 2. The number of carbonyl (C=O) groups is 3. The molecule has 170 valence electrons. The Labute approximate surface area is 191 Å². The summed E-state index contributed by atoms with van der Waals surface area (Å²) in [4.78, 5) is 37.2. The fourth-order valence-electron chi connectivity index (χ4n) is 3.88. The summed E-state index contributed by atoms with van der Waals surface area (Å²) in [6, 6.07) is 13.8. The minimum Gasteiger partial charge on any atom is -0.462 e. The van der Waals surface area contributed by atoms with E-state index in [0.29, 0.717) is 30.1 Å². The standard InChI is InChI=1S/C25H26N4O4/c1-4-19-22(16-8-6-15(3)7-9-16)23-27-24(31)20(29(23)28-19)14-21(30)26-18-12-10-17(11-13-18)25(32)33-5-2/h6-13,20H,4-5,14H2,1-3H3,(H,26,30)(H,27,31). The van der Waals surface area contributed by atoms with Crippen LogP contribution in [-0.4, -0.2) is 34.2 Å². The number of aryl methyl sites for hydroxylation is 2.